The van der Waals surface area contributed by atoms with E-state index in [4.69, 9.17) is 49.3 Å². The third kappa shape index (κ3) is 20.5. The largest absolute Gasteiger partial charge is 0.481 e. The van der Waals surface area contributed by atoms with Crippen molar-refractivity contribution in [1.82, 2.24) is 45.0 Å². The van der Waals surface area contributed by atoms with Gasteiger partial charge in [0.05, 0.1) is 45.5 Å². The summed E-state index contributed by atoms with van der Waals surface area (Å²) in [5.74, 6) is -0.262. The number of likely N-dealkylation sites (tertiary alicyclic amines) is 2. The number of pyridine rings is 3. The molecule has 3 aliphatic rings. The van der Waals surface area contributed by atoms with Gasteiger partial charge in [-0.1, -0.05) is 105 Å². The van der Waals surface area contributed by atoms with Crippen molar-refractivity contribution in [3.8, 4) is 0 Å². The predicted octanol–water partition coefficient (Wildman–Crippen LogP) is 17.0. The van der Waals surface area contributed by atoms with Crippen LogP contribution in [0.25, 0.3) is 0 Å². The molecule has 0 aliphatic carbocycles. The van der Waals surface area contributed by atoms with Gasteiger partial charge in [0.1, 0.15) is 34.9 Å². The third-order valence-electron chi connectivity index (χ3n) is 17.8. The Hall–Kier alpha value is -7.17. The lowest BCUT2D eigenvalue weighted by Crippen LogP contribution is -2.50. The van der Waals surface area contributed by atoms with Gasteiger partial charge in [-0.05, 0) is 139 Å². The number of aliphatic carboxylic acids is 1. The first-order chi connectivity index (χ1) is 47.6. The molecular weight excluding hydrogens is 1460 g/mol. The van der Waals surface area contributed by atoms with Crippen LogP contribution in [-0.2, 0) is 61.5 Å². The maximum atomic E-state index is 14.4. The van der Waals surface area contributed by atoms with Gasteiger partial charge in [0.2, 0.25) is 0 Å². The van der Waals surface area contributed by atoms with E-state index >= 15 is 0 Å². The molecule has 0 bridgehead atoms. The summed E-state index contributed by atoms with van der Waals surface area (Å²) in [7, 11) is 2.89. The minimum absolute atomic E-state index is 0.0325. The number of carbonyl (C=O) groups is 3. The molecule has 0 radical (unpaired) electrons. The molecular formula is C71H77BrCl3F3N12O6S3. The fourth-order valence-corrected chi connectivity index (χ4v) is 15.5. The highest BCUT2D eigenvalue weighted by molar-refractivity contribution is 9.08. The Morgan fingerprint density at radius 3 is 1.27 bits per heavy atom. The standard InChI is InChI=1S/C24H26ClFN4O2S.C23H24ClFN4O2S.C17H22N4O2S.C7H5BrClF/c1-16-13-24(22(31)32-2,9-11-30(16)15-17-5-3-7-19(25)21(17)26)14-18-6-4-8-20(28-18)29-23-27-10-12-33-23;1-15-12-23(21(30)31,8-10-29(15)14-16-4-2-6-18(24)20(16)25)13-17-5-3-7-19(27-17)28-22-26-9-11-32-22;1-12-10-17(6-7-18-12,15(22)23-2)11-13-4-3-5-14(20-13)21-16-19-8-9-24-16;8-4-5-2-1-3-6(9)7(5)10/h3-8,10,12,16H,9,11,13-15H2,1-2H3,(H,27,28,29);2-7,9,11,15H,8,10,12-14H2,1H3,(H,30,31)(H,26,27,28);3-5,8-9,12,18H,6-7,10-11H2,1-2H3,(H,19,20,21);1-3H,4H2. The molecule has 0 saturated carbocycles. The number of benzene rings is 3. The average molecular weight is 1530 g/mol. The number of nitrogens with one attached hydrogen (secondary N) is 4. The smallest absolute Gasteiger partial charge is 0.312 e. The fourth-order valence-electron chi connectivity index (χ4n) is 12.8. The Labute approximate surface area is 609 Å². The molecule has 3 saturated heterocycles. The number of thiazole rings is 3. The van der Waals surface area contributed by atoms with E-state index in [9.17, 15) is 32.7 Å². The van der Waals surface area contributed by atoms with Gasteiger partial charge in [0.15, 0.2) is 15.4 Å². The van der Waals surface area contributed by atoms with E-state index in [0.29, 0.717) is 105 Å². The Kier molecular flexibility index (Phi) is 27.6. The van der Waals surface area contributed by atoms with E-state index in [1.165, 1.54) is 60.4 Å². The quantitative estimate of drug-likeness (QED) is 0.0353. The molecule has 3 aromatic carbocycles. The van der Waals surface area contributed by atoms with Crippen molar-refractivity contribution < 1.29 is 42.1 Å². The number of esters is 2. The second-order valence-electron chi connectivity index (χ2n) is 24.7. The molecule has 9 aromatic rings. The van der Waals surface area contributed by atoms with E-state index < -0.39 is 28.0 Å². The number of alkyl halides is 1. The molecule has 9 heterocycles. The summed E-state index contributed by atoms with van der Waals surface area (Å²) in [5, 5.41) is 32.0. The normalized spacial score (nSPS) is 20.7. The SMILES string of the molecule is CC1CC(Cc2cccc(Nc3nccs3)n2)(C(=O)O)CCN1Cc1cccc(Cl)c1F.COC(=O)C1(Cc2cccc(Nc3nccs3)n2)CCN(Cc2cccc(Cl)c2F)C(C)C1.COC(=O)C1(Cc2cccc(Nc3nccs3)n2)CCNC(C)C1.Fc1c(Cl)cccc1CBr. The van der Waals surface area contributed by atoms with Crippen LogP contribution in [0.4, 0.5) is 46.0 Å². The topological polar surface area (TPSA) is 222 Å². The molecule has 3 aliphatic heterocycles. The summed E-state index contributed by atoms with van der Waals surface area (Å²) in [6, 6.07) is 32.4. The average Bonchev–Trinajstić information content (AvgIpc) is 1.81. The van der Waals surface area contributed by atoms with E-state index in [0.717, 1.165) is 57.7 Å². The number of piperidine rings is 3. The van der Waals surface area contributed by atoms with Gasteiger partial charge >= 0.3 is 17.9 Å². The van der Waals surface area contributed by atoms with E-state index in [1.807, 2.05) is 77.7 Å². The van der Waals surface area contributed by atoms with Gasteiger partial charge in [0.25, 0.3) is 0 Å². The highest BCUT2D eigenvalue weighted by atomic mass is 79.9. The van der Waals surface area contributed by atoms with Crippen molar-refractivity contribution in [1.29, 1.82) is 0 Å². The van der Waals surface area contributed by atoms with Crippen LogP contribution in [-0.4, -0.2) is 115 Å². The first kappa shape index (κ1) is 76.0. The molecule has 524 valence electrons. The lowest BCUT2D eigenvalue weighted by atomic mass is 9.72. The Morgan fingerprint density at radius 2 is 0.919 bits per heavy atom. The van der Waals surface area contributed by atoms with Crippen molar-refractivity contribution >= 4 is 135 Å². The first-order valence-electron chi connectivity index (χ1n) is 32.0. The minimum atomic E-state index is -0.921. The molecule has 18 nitrogen and oxygen atoms in total. The predicted molar refractivity (Wildman–Crippen MR) is 391 cm³/mol. The number of nitrogens with zero attached hydrogens (tertiary/aromatic N) is 8. The molecule has 6 unspecified atom stereocenters. The maximum absolute atomic E-state index is 14.4. The summed E-state index contributed by atoms with van der Waals surface area (Å²) in [6.07, 6.45) is 10.2. The number of halogens is 7. The van der Waals surface area contributed by atoms with Crippen LogP contribution in [0.3, 0.4) is 0 Å². The molecule has 0 spiro atoms. The summed E-state index contributed by atoms with van der Waals surface area (Å²) < 4.78 is 52.0. The summed E-state index contributed by atoms with van der Waals surface area (Å²) in [6.45, 7) is 9.00. The number of hydrogen-bond acceptors (Lipinski definition) is 20. The highest BCUT2D eigenvalue weighted by Crippen LogP contribution is 2.42. The number of carboxylic acid groups (broad SMARTS) is 1. The third-order valence-corrected chi connectivity index (χ3v) is 21.4. The van der Waals surface area contributed by atoms with Gasteiger partial charge in [-0.3, -0.25) is 24.2 Å². The van der Waals surface area contributed by atoms with Gasteiger partial charge in [-0.2, -0.15) is 0 Å². The van der Waals surface area contributed by atoms with Crippen molar-refractivity contribution in [2.45, 2.75) is 115 Å². The molecule has 3 fully saturated rings. The number of hydrogen-bond donors (Lipinski definition) is 5. The monoisotopic (exact) mass is 1530 g/mol. The molecule has 0 amide bonds. The first-order valence-corrected chi connectivity index (χ1v) is 36.9. The lowest BCUT2D eigenvalue weighted by molar-refractivity contribution is -0.157. The fraction of sp³-hybridized carbons (Fsp3) is 0.366. The van der Waals surface area contributed by atoms with Crippen molar-refractivity contribution in [2.75, 3.05) is 49.8 Å². The van der Waals surface area contributed by atoms with E-state index in [1.54, 1.807) is 61.1 Å². The molecule has 6 aromatic heterocycles. The summed E-state index contributed by atoms with van der Waals surface area (Å²) in [5.41, 5.74) is 1.96. The molecule has 99 heavy (non-hydrogen) atoms. The van der Waals surface area contributed by atoms with Gasteiger partial charge in [-0.15, -0.1) is 34.0 Å². The second kappa shape index (κ2) is 35.9. The summed E-state index contributed by atoms with van der Waals surface area (Å²) >= 11 is 25.0. The lowest BCUT2D eigenvalue weighted by Gasteiger charge is -2.44. The number of methoxy groups -OCH3 is 2. The number of rotatable bonds is 20. The van der Waals surface area contributed by atoms with Crippen LogP contribution in [0, 0.1) is 33.7 Å². The van der Waals surface area contributed by atoms with Crippen LogP contribution in [0.2, 0.25) is 15.1 Å². The number of carboxylic acids is 1. The van der Waals surface area contributed by atoms with Crippen LogP contribution in [0.5, 0.6) is 0 Å². The van der Waals surface area contributed by atoms with Gasteiger partial charge in [0, 0.05) is 119 Å². The summed E-state index contributed by atoms with van der Waals surface area (Å²) in [4.78, 5) is 68.7. The zero-order valence-corrected chi connectivity index (χ0v) is 61.4. The van der Waals surface area contributed by atoms with Crippen LogP contribution in [0.1, 0.15) is 93.1 Å². The van der Waals surface area contributed by atoms with Crippen LogP contribution >= 0.6 is 84.7 Å². The highest BCUT2D eigenvalue weighted by Gasteiger charge is 2.47. The van der Waals surface area contributed by atoms with Gasteiger partial charge in [-0.25, -0.2) is 43.1 Å². The zero-order valence-electron chi connectivity index (χ0n) is 55.1. The number of anilines is 6. The molecule has 12 rings (SSSR count). The number of ether oxygens (including phenoxy) is 2. The molecule has 6 atom stereocenters. The van der Waals surface area contributed by atoms with Gasteiger partial charge < -0.3 is 35.8 Å². The number of carbonyl (C=O) groups excluding carboxylic acids is 2. The maximum Gasteiger partial charge on any atom is 0.312 e. The Morgan fingerprint density at radius 1 is 0.556 bits per heavy atom. The zero-order chi connectivity index (χ0) is 70.7. The van der Waals surface area contributed by atoms with Crippen molar-refractivity contribution in [2.24, 2.45) is 16.2 Å². The molecule has 5 N–H and O–H groups in total. The minimum Gasteiger partial charge on any atom is -0.481 e. The van der Waals surface area contributed by atoms with Crippen LogP contribution in [0.15, 0.2) is 144 Å². The second-order valence-corrected chi connectivity index (χ2v) is 29.2. The van der Waals surface area contributed by atoms with Crippen molar-refractivity contribution in [3.63, 3.8) is 0 Å². The van der Waals surface area contributed by atoms with Crippen LogP contribution < -0.4 is 21.3 Å². The molecule has 28 heteroatoms. The van der Waals surface area contributed by atoms with Crippen molar-refractivity contribution in [3.05, 3.63) is 210 Å². The van der Waals surface area contributed by atoms with E-state index in [-0.39, 0.29) is 56.8 Å². The van der Waals surface area contributed by atoms with E-state index in [2.05, 4.69) is 85.8 Å². The Balaban J connectivity index is 0.000000163. The Bertz CT molecular complexity index is 4120. The number of aromatic nitrogens is 6.